The first-order chi connectivity index (χ1) is 13.9. The van der Waals surface area contributed by atoms with Crippen molar-refractivity contribution < 1.29 is 28.6 Å². The highest BCUT2D eigenvalue weighted by Crippen LogP contribution is 2.32. The number of phenols is 1. The average molecular weight is 416 g/mol. The van der Waals surface area contributed by atoms with Gasteiger partial charge in [0, 0.05) is 18.7 Å². The van der Waals surface area contributed by atoms with Gasteiger partial charge < -0.3 is 15.2 Å². The van der Waals surface area contributed by atoms with E-state index in [-0.39, 0.29) is 40.6 Å². The largest absolute Gasteiger partial charge is 0.504 e. The second-order valence-corrected chi connectivity index (χ2v) is 6.96. The maximum Gasteiger partial charge on any atom is 0.293 e. The molecule has 1 heterocycles. The number of nitrogens with one attached hydrogen (secondary N) is 1. The van der Waals surface area contributed by atoms with Crippen LogP contribution in [0.2, 0.25) is 0 Å². The molecule has 3 rings (SSSR count). The maximum atomic E-state index is 13.8. The van der Waals surface area contributed by atoms with Gasteiger partial charge in [-0.3, -0.25) is 19.3 Å². The number of methoxy groups -OCH3 is 1. The van der Waals surface area contributed by atoms with Gasteiger partial charge in [0.2, 0.25) is 0 Å². The van der Waals surface area contributed by atoms with Gasteiger partial charge >= 0.3 is 0 Å². The van der Waals surface area contributed by atoms with E-state index in [0.717, 1.165) is 4.90 Å². The zero-order valence-corrected chi connectivity index (χ0v) is 16.2. The van der Waals surface area contributed by atoms with Gasteiger partial charge in [-0.15, -0.1) is 0 Å². The topological polar surface area (TPSA) is 95.9 Å². The van der Waals surface area contributed by atoms with Crippen molar-refractivity contribution in [1.82, 2.24) is 10.2 Å². The molecule has 1 fully saturated rings. The molecule has 9 heteroatoms. The van der Waals surface area contributed by atoms with E-state index in [1.54, 1.807) is 12.1 Å². The summed E-state index contributed by atoms with van der Waals surface area (Å²) < 4.78 is 18.7. The van der Waals surface area contributed by atoms with E-state index in [2.05, 4.69) is 5.32 Å². The van der Waals surface area contributed by atoms with Gasteiger partial charge in [-0.1, -0.05) is 24.3 Å². The highest BCUT2D eigenvalue weighted by molar-refractivity contribution is 8.18. The molecule has 0 saturated carbocycles. The third kappa shape index (κ3) is 4.40. The van der Waals surface area contributed by atoms with E-state index in [1.807, 2.05) is 0 Å². The highest BCUT2D eigenvalue weighted by atomic mass is 32.2. The van der Waals surface area contributed by atoms with Crippen LogP contribution in [0.25, 0.3) is 6.08 Å². The summed E-state index contributed by atoms with van der Waals surface area (Å²) in [6.45, 7) is -0.0732. The molecule has 2 aromatic carbocycles. The number of imide groups is 1. The lowest BCUT2D eigenvalue weighted by Gasteiger charge is -2.13. The number of carbonyl (C=O) groups is 3. The van der Waals surface area contributed by atoms with Crippen LogP contribution >= 0.6 is 11.8 Å². The van der Waals surface area contributed by atoms with Crippen LogP contribution in [0.4, 0.5) is 9.18 Å². The number of phenolic OH excluding ortho intramolecular Hbond substituents is 1. The molecule has 0 spiro atoms. The third-order valence-corrected chi connectivity index (χ3v) is 5.06. The molecule has 0 aromatic heterocycles. The monoisotopic (exact) mass is 416 g/mol. The van der Waals surface area contributed by atoms with Crippen LogP contribution in [0.3, 0.4) is 0 Å². The summed E-state index contributed by atoms with van der Waals surface area (Å²) in [5, 5.41) is 12.0. The number of thioether (sulfide) groups is 1. The van der Waals surface area contributed by atoms with Gasteiger partial charge in [0.1, 0.15) is 5.82 Å². The number of ether oxygens (including phenoxy) is 1. The van der Waals surface area contributed by atoms with Gasteiger partial charge in [0.15, 0.2) is 11.5 Å². The molecular formula is C20H17FN2O5S. The van der Waals surface area contributed by atoms with E-state index >= 15 is 0 Å². The Balaban J connectivity index is 1.63. The fourth-order valence-corrected chi connectivity index (χ4v) is 3.53. The number of benzene rings is 2. The maximum absolute atomic E-state index is 13.8. The quantitative estimate of drug-likeness (QED) is 0.703. The Labute approximate surface area is 170 Å². The fourth-order valence-electron chi connectivity index (χ4n) is 2.67. The third-order valence-electron chi connectivity index (χ3n) is 4.15. The molecule has 0 unspecified atom stereocenters. The van der Waals surface area contributed by atoms with Crippen molar-refractivity contribution in [2.75, 3.05) is 20.2 Å². The molecule has 150 valence electrons. The zero-order valence-electron chi connectivity index (χ0n) is 15.3. The number of carbonyl (C=O) groups excluding carboxylic acids is 3. The number of amides is 3. The van der Waals surface area contributed by atoms with Crippen LogP contribution in [0.1, 0.15) is 15.9 Å². The van der Waals surface area contributed by atoms with E-state index in [4.69, 9.17) is 4.74 Å². The molecule has 3 amide bonds. The van der Waals surface area contributed by atoms with Gasteiger partial charge in [0.05, 0.1) is 17.6 Å². The minimum absolute atomic E-state index is 0.0120. The highest BCUT2D eigenvalue weighted by Gasteiger charge is 2.34. The zero-order chi connectivity index (χ0) is 21.0. The first-order valence-electron chi connectivity index (χ1n) is 8.56. The van der Waals surface area contributed by atoms with Crippen LogP contribution < -0.4 is 10.1 Å². The SMILES string of the molecule is COc1cccc(C(=O)NCCN2C(=O)S/C(=C\c3ccccc3F)C2=O)c1O. The normalized spacial score (nSPS) is 15.1. The summed E-state index contributed by atoms with van der Waals surface area (Å²) in [6, 6.07) is 10.4. The van der Waals surface area contributed by atoms with Crippen molar-refractivity contribution in [2.24, 2.45) is 0 Å². The summed E-state index contributed by atoms with van der Waals surface area (Å²) in [5.41, 5.74) is 0.220. The molecule has 0 atom stereocenters. The molecule has 7 nitrogen and oxygen atoms in total. The molecule has 29 heavy (non-hydrogen) atoms. The van der Waals surface area contributed by atoms with Crippen molar-refractivity contribution in [3.8, 4) is 11.5 Å². The van der Waals surface area contributed by atoms with Gasteiger partial charge in [-0.05, 0) is 36.0 Å². The van der Waals surface area contributed by atoms with Crippen LogP contribution in [0.5, 0.6) is 11.5 Å². The average Bonchev–Trinajstić information content (AvgIpc) is 2.97. The fraction of sp³-hybridized carbons (Fsp3) is 0.150. The summed E-state index contributed by atoms with van der Waals surface area (Å²) >= 11 is 0.711. The first-order valence-corrected chi connectivity index (χ1v) is 9.38. The lowest BCUT2D eigenvalue weighted by atomic mass is 10.1. The van der Waals surface area contributed by atoms with E-state index in [1.165, 1.54) is 43.5 Å². The number of halogens is 1. The number of para-hydroxylation sites is 1. The molecule has 0 radical (unpaired) electrons. The van der Waals surface area contributed by atoms with Crippen LogP contribution in [-0.2, 0) is 4.79 Å². The Kier molecular flexibility index (Phi) is 6.18. The molecule has 1 saturated heterocycles. The summed E-state index contributed by atoms with van der Waals surface area (Å²) in [5.74, 6) is -1.77. The smallest absolute Gasteiger partial charge is 0.293 e. The van der Waals surface area contributed by atoms with Crippen molar-refractivity contribution in [3.05, 3.63) is 64.3 Å². The van der Waals surface area contributed by atoms with E-state index in [0.29, 0.717) is 11.8 Å². The number of nitrogens with zero attached hydrogens (tertiary/aromatic N) is 1. The number of aromatic hydroxyl groups is 1. The Hall–Kier alpha value is -3.33. The summed E-state index contributed by atoms with van der Waals surface area (Å²) in [6.07, 6.45) is 1.33. The van der Waals surface area contributed by atoms with Gasteiger partial charge in [-0.2, -0.15) is 0 Å². The Bertz CT molecular complexity index is 1010. The molecule has 2 N–H and O–H groups in total. The molecule has 0 bridgehead atoms. The summed E-state index contributed by atoms with van der Waals surface area (Å²) in [7, 11) is 1.37. The molecule has 1 aliphatic rings. The standard InChI is InChI=1S/C20H17FN2O5S/c1-28-15-8-4-6-13(17(15)24)18(25)22-9-10-23-19(26)16(29-20(23)27)11-12-5-2-3-7-14(12)21/h2-8,11,24H,9-10H2,1H3,(H,22,25)/b16-11-. The lowest BCUT2D eigenvalue weighted by molar-refractivity contribution is -0.122. The van der Waals surface area contributed by atoms with Crippen molar-refractivity contribution in [1.29, 1.82) is 0 Å². The predicted octanol–water partition coefficient (Wildman–Crippen LogP) is 3.01. The minimum Gasteiger partial charge on any atom is -0.504 e. The van der Waals surface area contributed by atoms with Gasteiger partial charge in [0.25, 0.3) is 17.1 Å². The Morgan fingerprint density at radius 2 is 2.00 bits per heavy atom. The minimum atomic E-state index is -0.574. The first kappa shape index (κ1) is 20.4. The molecule has 0 aliphatic carbocycles. The van der Waals surface area contributed by atoms with Crippen LogP contribution in [0.15, 0.2) is 47.4 Å². The second kappa shape index (κ2) is 8.78. The molecular weight excluding hydrogens is 399 g/mol. The second-order valence-electron chi connectivity index (χ2n) is 5.97. The van der Waals surface area contributed by atoms with Crippen LogP contribution in [0, 0.1) is 5.82 Å². The van der Waals surface area contributed by atoms with E-state index < -0.39 is 22.9 Å². The van der Waals surface area contributed by atoms with Crippen molar-refractivity contribution in [2.45, 2.75) is 0 Å². The van der Waals surface area contributed by atoms with Crippen LogP contribution in [-0.4, -0.2) is 47.3 Å². The summed E-state index contributed by atoms with van der Waals surface area (Å²) in [4.78, 5) is 37.9. The lowest BCUT2D eigenvalue weighted by Crippen LogP contribution is -2.37. The van der Waals surface area contributed by atoms with Crippen molar-refractivity contribution in [3.63, 3.8) is 0 Å². The van der Waals surface area contributed by atoms with Crippen molar-refractivity contribution >= 4 is 34.9 Å². The molecule has 2 aromatic rings. The van der Waals surface area contributed by atoms with E-state index in [9.17, 15) is 23.9 Å². The Morgan fingerprint density at radius 1 is 1.24 bits per heavy atom. The predicted molar refractivity (Wildman–Crippen MR) is 106 cm³/mol. The number of hydrogen-bond donors (Lipinski definition) is 2. The molecule has 1 aliphatic heterocycles. The Morgan fingerprint density at radius 3 is 2.72 bits per heavy atom. The number of rotatable bonds is 6. The number of hydrogen-bond acceptors (Lipinski definition) is 6. The van der Waals surface area contributed by atoms with Gasteiger partial charge in [-0.25, -0.2) is 4.39 Å².